The Bertz CT molecular complexity index is 944. The second-order valence-corrected chi connectivity index (χ2v) is 9.31. The van der Waals surface area contributed by atoms with Crippen molar-refractivity contribution in [1.29, 1.82) is 0 Å². The first kappa shape index (κ1) is 13.7. The van der Waals surface area contributed by atoms with Crippen LogP contribution >= 0.6 is 0 Å². The summed E-state index contributed by atoms with van der Waals surface area (Å²) >= 11 is 0. The Labute approximate surface area is 130 Å². The van der Waals surface area contributed by atoms with Gasteiger partial charge in [-0.05, 0) is 37.1 Å². The van der Waals surface area contributed by atoms with Crippen molar-refractivity contribution in [2.75, 3.05) is 11.5 Å². The van der Waals surface area contributed by atoms with Gasteiger partial charge in [-0.15, -0.1) is 0 Å². The number of hydrogen-bond acceptors (Lipinski definition) is 2. The quantitative estimate of drug-likeness (QED) is 0.697. The Hall–Kier alpha value is -1.94. The van der Waals surface area contributed by atoms with Gasteiger partial charge in [0.25, 0.3) is 0 Å². The third-order valence-electron chi connectivity index (χ3n) is 4.73. The van der Waals surface area contributed by atoms with Crippen molar-refractivity contribution in [2.24, 2.45) is 0 Å². The van der Waals surface area contributed by atoms with Crippen LogP contribution in [0.5, 0.6) is 0 Å². The molecule has 0 bridgehead atoms. The van der Waals surface area contributed by atoms with Crippen LogP contribution in [0.3, 0.4) is 0 Å². The molecule has 22 heavy (non-hydrogen) atoms. The molecular formula is C18H19NO2S. The van der Waals surface area contributed by atoms with E-state index in [-0.39, 0.29) is 5.91 Å². The van der Waals surface area contributed by atoms with Crippen molar-refractivity contribution in [1.82, 2.24) is 4.57 Å². The number of para-hydroxylation sites is 1. The Kier molecular flexibility index (Phi) is 2.98. The second-order valence-electron chi connectivity index (χ2n) is 6.12. The number of fused-ring (bicyclic) bond motifs is 3. The molecule has 0 aliphatic carbocycles. The lowest BCUT2D eigenvalue weighted by Gasteiger charge is -2.17. The third-order valence-corrected chi connectivity index (χ3v) is 8.03. The molecule has 114 valence electrons. The van der Waals surface area contributed by atoms with E-state index in [1.54, 1.807) is 11.5 Å². The van der Waals surface area contributed by atoms with Crippen LogP contribution in [0.4, 0.5) is 0 Å². The van der Waals surface area contributed by atoms with Gasteiger partial charge in [0.05, 0.1) is 11.0 Å². The van der Waals surface area contributed by atoms with Gasteiger partial charge in [0.15, 0.2) is 0 Å². The molecular weight excluding hydrogens is 294 g/mol. The van der Waals surface area contributed by atoms with Crippen molar-refractivity contribution in [3.63, 3.8) is 0 Å². The summed E-state index contributed by atoms with van der Waals surface area (Å²) in [7, 11) is -2.21. The first-order valence-electron chi connectivity index (χ1n) is 7.73. The number of hydrogen-bond donors (Lipinski definition) is 1. The highest BCUT2D eigenvalue weighted by Crippen LogP contribution is 2.34. The van der Waals surface area contributed by atoms with Gasteiger partial charge in [-0.1, -0.05) is 28.1 Å². The molecule has 3 nitrogen and oxygen atoms in total. The smallest absolute Gasteiger partial charge is 0.228 e. The highest BCUT2D eigenvalue weighted by atomic mass is 32.2. The minimum Gasteiger partial charge on any atom is -0.280 e. The molecule has 3 aromatic rings. The highest BCUT2D eigenvalue weighted by Gasteiger charge is 2.24. The molecule has 1 aromatic heterocycles. The first-order valence-corrected chi connectivity index (χ1v) is 9.81. The second kappa shape index (κ2) is 4.78. The van der Waals surface area contributed by atoms with Crippen LogP contribution in [-0.4, -0.2) is 26.2 Å². The van der Waals surface area contributed by atoms with Gasteiger partial charge in [-0.3, -0.25) is 13.6 Å². The van der Waals surface area contributed by atoms with Crippen LogP contribution in [0.2, 0.25) is 0 Å². The number of benzene rings is 2. The summed E-state index contributed by atoms with van der Waals surface area (Å²) < 4.78 is 14.8. The molecule has 0 spiro atoms. The summed E-state index contributed by atoms with van der Waals surface area (Å²) in [6.07, 6.45) is 2.12. The van der Waals surface area contributed by atoms with E-state index in [0.29, 0.717) is 0 Å². The molecule has 0 atom stereocenters. The predicted octanol–water partition coefficient (Wildman–Crippen LogP) is 3.62. The zero-order valence-electron chi connectivity index (χ0n) is 12.6. The molecule has 1 aliphatic rings. The molecule has 2 heterocycles. The highest BCUT2D eigenvalue weighted by molar-refractivity contribution is 8.03. The van der Waals surface area contributed by atoms with Crippen LogP contribution in [0.15, 0.2) is 47.4 Å². The molecule has 4 heteroatoms. The number of thiol groups is 1. The fraction of sp³-hybridized carbons (Fsp3) is 0.278. The van der Waals surface area contributed by atoms with Crippen molar-refractivity contribution in [3.05, 3.63) is 42.5 Å². The maximum Gasteiger partial charge on any atom is 0.228 e. The van der Waals surface area contributed by atoms with E-state index >= 15 is 0 Å². The maximum absolute atomic E-state index is 13.1. The Morgan fingerprint density at radius 3 is 2.41 bits per heavy atom. The summed E-state index contributed by atoms with van der Waals surface area (Å²) in [6, 6.07) is 13.9. The number of carbonyl (C=O) groups is 1. The molecule has 0 unspecified atom stereocenters. The van der Waals surface area contributed by atoms with Crippen molar-refractivity contribution < 1.29 is 9.00 Å². The van der Waals surface area contributed by atoms with Crippen LogP contribution in [0, 0.1) is 0 Å². The zero-order chi connectivity index (χ0) is 15.3. The maximum atomic E-state index is 13.1. The normalized spacial score (nSPS) is 18.8. The SMILES string of the molecule is CC(=O)n1c2ccccc2c2cc([SH]3(=O)CCCC3)ccc21. The largest absolute Gasteiger partial charge is 0.280 e. The standard InChI is InChI=1S/C18H19NO2S/c1-13(20)19-17-7-3-2-6-15(17)16-12-14(8-9-18(16)19)22(21)10-4-5-11-22/h2-3,6-9,12,22H,4-5,10-11H2,1H3. The lowest BCUT2D eigenvalue weighted by molar-refractivity contribution is 0.0946. The van der Waals surface area contributed by atoms with E-state index in [1.165, 1.54) is 0 Å². The summed E-state index contributed by atoms with van der Waals surface area (Å²) in [5, 5.41) is 2.09. The molecule has 0 amide bonds. The van der Waals surface area contributed by atoms with Crippen LogP contribution in [0.25, 0.3) is 21.8 Å². The van der Waals surface area contributed by atoms with Gasteiger partial charge < -0.3 is 0 Å². The topological polar surface area (TPSA) is 39.1 Å². The monoisotopic (exact) mass is 313 g/mol. The van der Waals surface area contributed by atoms with Crippen molar-refractivity contribution in [2.45, 2.75) is 24.7 Å². The molecule has 4 rings (SSSR count). The molecule has 1 aliphatic heterocycles. The van der Waals surface area contributed by atoms with Gasteiger partial charge in [-0.25, -0.2) is 0 Å². The summed E-state index contributed by atoms with van der Waals surface area (Å²) in [5.41, 5.74) is 1.83. The molecule has 0 N–H and O–H groups in total. The van der Waals surface area contributed by atoms with E-state index in [2.05, 4.69) is 6.07 Å². The average molecular weight is 313 g/mol. The number of carbonyl (C=O) groups excluding carboxylic acids is 1. The molecule has 0 saturated carbocycles. The fourth-order valence-corrected chi connectivity index (χ4v) is 6.58. The minimum atomic E-state index is -2.21. The third kappa shape index (κ3) is 1.87. The average Bonchev–Trinajstić information content (AvgIpc) is 3.09. The van der Waals surface area contributed by atoms with E-state index in [9.17, 15) is 9.00 Å². The van der Waals surface area contributed by atoms with E-state index in [4.69, 9.17) is 0 Å². The number of nitrogens with zero attached hydrogens (tertiary/aromatic N) is 1. The Balaban J connectivity index is 2.06. The molecule has 0 radical (unpaired) electrons. The minimum absolute atomic E-state index is 0.00597. The molecule has 1 fully saturated rings. The predicted molar refractivity (Wildman–Crippen MR) is 92.5 cm³/mol. The van der Waals surface area contributed by atoms with E-state index < -0.39 is 9.93 Å². The van der Waals surface area contributed by atoms with Crippen molar-refractivity contribution in [3.8, 4) is 0 Å². The summed E-state index contributed by atoms with van der Waals surface area (Å²) in [6.45, 7) is 1.58. The van der Waals surface area contributed by atoms with Gasteiger partial charge in [0.1, 0.15) is 0 Å². The van der Waals surface area contributed by atoms with Gasteiger partial charge in [0.2, 0.25) is 5.91 Å². The molecule has 1 saturated heterocycles. The zero-order valence-corrected chi connectivity index (χ0v) is 13.5. The molecule has 2 aromatic carbocycles. The van der Waals surface area contributed by atoms with E-state index in [1.807, 2.05) is 36.4 Å². The summed E-state index contributed by atoms with van der Waals surface area (Å²) in [4.78, 5) is 13.0. The summed E-state index contributed by atoms with van der Waals surface area (Å²) in [5.74, 6) is 1.65. The van der Waals surface area contributed by atoms with Gasteiger partial charge in [0, 0.05) is 34.1 Å². The van der Waals surface area contributed by atoms with Crippen LogP contribution < -0.4 is 0 Å². The van der Waals surface area contributed by atoms with Crippen LogP contribution in [0.1, 0.15) is 24.6 Å². The van der Waals surface area contributed by atoms with Crippen molar-refractivity contribution >= 4 is 37.6 Å². The van der Waals surface area contributed by atoms with Gasteiger partial charge in [-0.2, -0.15) is 0 Å². The fourth-order valence-electron chi connectivity index (χ4n) is 3.66. The number of rotatable bonds is 1. The Morgan fingerprint density at radius 2 is 1.68 bits per heavy atom. The Morgan fingerprint density at radius 1 is 1.00 bits per heavy atom. The lowest BCUT2D eigenvalue weighted by Crippen LogP contribution is -2.14. The lowest BCUT2D eigenvalue weighted by atomic mass is 10.1. The van der Waals surface area contributed by atoms with Crippen LogP contribution in [-0.2, 0) is 9.93 Å². The van der Waals surface area contributed by atoms with E-state index in [0.717, 1.165) is 51.0 Å². The number of aromatic nitrogens is 1. The first-order chi connectivity index (χ1) is 10.6. The van der Waals surface area contributed by atoms with Gasteiger partial charge >= 0.3 is 0 Å².